The van der Waals surface area contributed by atoms with Gasteiger partial charge >= 0.3 is 0 Å². The van der Waals surface area contributed by atoms with Crippen molar-refractivity contribution in [2.24, 2.45) is 0 Å². The maximum Gasteiger partial charge on any atom is 0.124 e. The van der Waals surface area contributed by atoms with Gasteiger partial charge in [0.2, 0.25) is 0 Å². The third-order valence-electron chi connectivity index (χ3n) is 3.37. The quantitative estimate of drug-likeness (QED) is 0.823. The number of nitrogens with zero attached hydrogens (tertiary/aromatic N) is 2. The number of thiazole rings is 1. The van der Waals surface area contributed by atoms with Gasteiger partial charge < -0.3 is 0 Å². The van der Waals surface area contributed by atoms with Gasteiger partial charge in [0, 0.05) is 13.1 Å². The van der Waals surface area contributed by atoms with Crippen LogP contribution in [0.25, 0.3) is 15.8 Å². The van der Waals surface area contributed by atoms with Crippen LogP contribution in [0.1, 0.15) is 18.4 Å². The molecule has 1 aliphatic rings. The van der Waals surface area contributed by atoms with Crippen molar-refractivity contribution in [1.29, 1.82) is 0 Å². The molecule has 0 saturated heterocycles. The molecule has 1 aromatic heterocycles. The van der Waals surface area contributed by atoms with Crippen molar-refractivity contribution in [3.05, 3.63) is 35.1 Å². The minimum atomic E-state index is -0.188. The van der Waals surface area contributed by atoms with E-state index in [4.69, 9.17) is 0 Å². The zero-order valence-electron chi connectivity index (χ0n) is 10.3. The lowest BCUT2D eigenvalue weighted by atomic mass is 10.1. The summed E-state index contributed by atoms with van der Waals surface area (Å²) in [4.78, 5) is 6.99. The van der Waals surface area contributed by atoms with E-state index in [-0.39, 0.29) is 5.82 Å². The maximum absolute atomic E-state index is 13.1. The van der Waals surface area contributed by atoms with Gasteiger partial charge in [-0.25, -0.2) is 9.37 Å². The highest BCUT2D eigenvalue weighted by molar-refractivity contribution is 7.19. The average Bonchev–Trinajstić information content (AvgIpc) is 2.81. The molecule has 18 heavy (non-hydrogen) atoms. The predicted molar refractivity (Wildman–Crippen MR) is 74.3 cm³/mol. The molecule has 0 unspecified atom stereocenters. The van der Waals surface area contributed by atoms with Gasteiger partial charge in [0.25, 0.3) is 0 Å². The molecule has 94 valence electrons. The lowest BCUT2D eigenvalue weighted by Crippen LogP contribution is -2.27. The second-order valence-corrected chi connectivity index (χ2v) is 5.53. The van der Waals surface area contributed by atoms with Crippen LogP contribution in [0.4, 0.5) is 4.39 Å². The summed E-state index contributed by atoms with van der Waals surface area (Å²) in [7, 11) is 0. The van der Waals surface area contributed by atoms with Crippen LogP contribution in [0.5, 0.6) is 0 Å². The Balaban J connectivity index is 1.93. The van der Waals surface area contributed by atoms with E-state index in [9.17, 15) is 4.39 Å². The predicted octanol–water partition coefficient (Wildman–Crippen LogP) is 3.54. The summed E-state index contributed by atoms with van der Waals surface area (Å²) >= 11 is 1.59. The number of likely N-dealkylation sites (N-methyl/N-ethyl adjacent to an activating group) is 1. The topological polar surface area (TPSA) is 16.1 Å². The summed E-state index contributed by atoms with van der Waals surface area (Å²) in [6, 6.07) is 4.80. The average molecular weight is 262 g/mol. The summed E-state index contributed by atoms with van der Waals surface area (Å²) in [5.41, 5.74) is 2.21. The minimum absolute atomic E-state index is 0.188. The van der Waals surface area contributed by atoms with E-state index >= 15 is 0 Å². The van der Waals surface area contributed by atoms with Gasteiger partial charge in [-0.1, -0.05) is 13.0 Å². The molecule has 1 aromatic carbocycles. The van der Waals surface area contributed by atoms with E-state index in [1.165, 1.54) is 11.6 Å². The van der Waals surface area contributed by atoms with Crippen LogP contribution < -0.4 is 0 Å². The number of rotatable bonds is 2. The lowest BCUT2D eigenvalue weighted by Gasteiger charge is -2.23. The van der Waals surface area contributed by atoms with Gasteiger partial charge in [-0.05, 0) is 36.7 Å². The molecule has 0 spiro atoms. The molecule has 4 heteroatoms. The Labute approximate surface area is 110 Å². The summed E-state index contributed by atoms with van der Waals surface area (Å²) in [6.45, 7) is 5.36. The van der Waals surface area contributed by atoms with Crippen LogP contribution in [-0.4, -0.2) is 29.5 Å². The molecule has 2 heterocycles. The Hall–Kier alpha value is -1.26. The van der Waals surface area contributed by atoms with Crippen LogP contribution in [0.3, 0.4) is 0 Å². The van der Waals surface area contributed by atoms with E-state index in [0.29, 0.717) is 0 Å². The van der Waals surface area contributed by atoms with Gasteiger partial charge in [0.15, 0.2) is 0 Å². The Kier molecular flexibility index (Phi) is 3.14. The number of hydrogen-bond donors (Lipinski definition) is 0. The van der Waals surface area contributed by atoms with Gasteiger partial charge in [-0.3, -0.25) is 4.90 Å². The molecule has 0 aliphatic carbocycles. The van der Waals surface area contributed by atoms with Crippen molar-refractivity contribution in [2.45, 2.75) is 13.3 Å². The summed E-state index contributed by atoms with van der Waals surface area (Å²) in [6.07, 6.45) is 3.29. The Morgan fingerprint density at radius 2 is 2.33 bits per heavy atom. The number of halogens is 1. The first kappa shape index (κ1) is 11.8. The molecule has 0 saturated carbocycles. The second kappa shape index (κ2) is 4.78. The fourth-order valence-electron chi connectivity index (χ4n) is 2.23. The zero-order valence-corrected chi connectivity index (χ0v) is 11.1. The maximum atomic E-state index is 13.1. The first-order valence-corrected chi connectivity index (χ1v) is 7.06. The van der Waals surface area contributed by atoms with Crippen LogP contribution >= 0.6 is 11.3 Å². The van der Waals surface area contributed by atoms with Crippen molar-refractivity contribution in [3.8, 4) is 0 Å². The third kappa shape index (κ3) is 2.18. The van der Waals surface area contributed by atoms with Crippen LogP contribution in [0.15, 0.2) is 24.3 Å². The van der Waals surface area contributed by atoms with E-state index in [2.05, 4.69) is 22.9 Å². The summed E-state index contributed by atoms with van der Waals surface area (Å²) in [5.74, 6) is -0.188. The fraction of sp³-hybridized carbons (Fsp3) is 0.357. The molecule has 0 fully saturated rings. The molecule has 0 N–H and O–H groups in total. The minimum Gasteiger partial charge on any atom is -0.300 e. The second-order valence-electron chi connectivity index (χ2n) is 4.50. The van der Waals surface area contributed by atoms with Gasteiger partial charge in [-0.15, -0.1) is 11.3 Å². The van der Waals surface area contributed by atoms with E-state index in [1.54, 1.807) is 23.5 Å². The first-order chi connectivity index (χ1) is 8.76. The SMILES string of the molecule is CCN1CC=C(c2nc3ccc(F)cc3s2)CC1. The normalized spacial score (nSPS) is 17.1. The number of benzene rings is 1. The van der Waals surface area contributed by atoms with Crippen molar-refractivity contribution < 1.29 is 4.39 Å². The molecule has 2 nitrogen and oxygen atoms in total. The molecule has 0 atom stereocenters. The Bertz CT molecular complexity index is 603. The van der Waals surface area contributed by atoms with Crippen molar-refractivity contribution >= 4 is 27.1 Å². The summed E-state index contributed by atoms with van der Waals surface area (Å²) in [5, 5.41) is 1.05. The molecule has 0 radical (unpaired) electrons. The van der Waals surface area contributed by atoms with Crippen LogP contribution in [-0.2, 0) is 0 Å². The number of aromatic nitrogens is 1. The van der Waals surface area contributed by atoms with E-state index < -0.39 is 0 Å². The van der Waals surface area contributed by atoms with Crippen LogP contribution in [0.2, 0.25) is 0 Å². The molecule has 0 amide bonds. The highest BCUT2D eigenvalue weighted by atomic mass is 32.1. The molecule has 2 aromatic rings. The first-order valence-electron chi connectivity index (χ1n) is 6.24. The lowest BCUT2D eigenvalue weighted by molar-refractivity contribution is 0.318. The number of hydrogen-bond acceptors (Lipinski definition) is 3. The number of fused-ring (bicyclic) bond motifs is 1. The molecular formula is C14H15FN2S. The molecule has 1 aliphatic heterocycles. The van der Waals surface area contributed by atoms with Crippen molar-refractivity contribution in [3.63, 3.8) is 0 Å². The molecule has 0 bridgehead atoms. The Morgan fingerprint density at radius 3 is 3.06 bits per heavy atom. The van der Waals surface area contributed by atoms with Crippen molar-refractivity contribution in [1.82, 2.24) is 9.88 Å². The Morgan fingerprint density at radius 1 is 1.44 bits per heavy atom. The standard InChI is InChI=1S/C14H15FN2S/c1-2-17-7-5-10(6-8-17)14-16-12-4-3-11(15)9-13(12)18-14/h3-5,9H,2,6-8H2,1H3. The highest BCUT2D eigenvalue weighted by Crippen LogP contribution is 2.30. The molecular weight excluding hydrogens is 247 g/mol. The van der Waals surface area contributed by atoms with Crippen LogP contribution in [0, 0.1) is 5.82 Å². The third-order valence-corrected chi connectivity index (χ3v) is 4.46. The largest absolute Gasteiger partial charge is 0.300 e. The monoisotopic (exact) mass is 262 g/mol. The van der Waals surface area contributed by atoms with Gasteiger partial charge in [0.1, 0.15) is 10.8 Å². The zero-order chi connectivity index (χ0) is 12.5. The van der Waals surface area contributed by atoms with E-state index in [1.807, 2.05) is 0 Å². The van der Waals surface area contributed by atoms with E-state index in [0.717, 1.165) is 41.3 Å². The highest BCUT2D eigenvalue weighted by Gasteiger charge is 2.14. The summed E-state index contributed by atoms with van der Waals surface area (Å²) < 4.78 is 14.1. The van der Waals surface area contributed by atoms with Gasteiger partial charge in [0.05, 0.1) is 10.2 Å². The smallest absolute Gasteiger partial charge is 0.124 e. The molecule has 3 rings (SSSR count). The van der Waals surface area contributed by atoms with Crippen molar-refractivity contribution in [2.75, 3.05) is 19.6 Å². The fourth-order valence-corrected chi connectivity index (χ4v) is 3.29. The van der Waals surface area contributed by atoms with Gasteiger partial charge in [-0.2, -0.15) is 0 Å².